The van der Waals surface area contributed by atoms with E-state index in [0.717, 1.165) is 22.3 Å². The first kappa shape index (κ1) is 29.2. The average Bonchev–Trinajstić information content (AvgIpc) is 3.06. The van der Waals surface area contributed by atoms with Crippen molar-refractivity contribution in [1.29, 1.82) is 0 Å². The van der Waals surface area contributed by atoms with Crippen LogP contribution in [-0.4, -0.2) is 12.4 Å². The van der Waals surface area contributed by atoms with E-state index >= 15 is 0 Å². The molecule has 5 aromatic carbocycles. The minimum Gasteiger partial charge on any atom is -0.493 e. The van der Waals surface area contributed by atoms with E-state index in [-0.39, 0.29) is 5.78 Å². The van der Waals surface area contributed by atoms with Gasteiger partial charge in [-0.15, -0.1) is 0 Å². The van der Waals surface area contributed by atoms with Crippen LogP contribution < -0.4 is 18.9 Å². The molecule has 0 aliphatic carbocycles. The topological polar surface area (TPSA) is 54.0 Å². The van der Waals surface area contributed by atoms with Crippen molar-refractivity contribution in [2.45, 2.75) is 26.7 Å². The lowest BCUT2D eigenvalue weighted by molar-refractivity contribution is 0.104. The zero-order valence-corrected chi connectivity index (χ0v) is 24.1. The van der Waals surface area contributed by atoms with Crippen LogP contribution in [0.2, 0.25) is 0 Å². The molecule has 0 heterocycles. The minimum absolute atomic E-state index is 0.184. The van der Waals surface area contributed by atoms with E-state index in [1.807, 2.05) is 116 Å². The molecule has 0 aliphatic heterocycles. The van der Waals surface area contributed by atoms with Crippen LogP contribution in [0.5, 0.6) is 23.0 Å². The molecule has 5 heteroatoms. The molecule has 0 amide bonds. The van der Waals surface area contributed by atoms with Crippen molar-refractivity contribution in [1.82, 2.24) is 0 Å². The molecule has 0 aromatic heterocycles. The second-order valence-corrected chi connectivity index (χ2v) is 9.81. The number of ether oxygens (including phenoxy) is 4. The summed E-state index contributed by atoms with van der Waals surface area (Å²) in [4.78, 5) is 13.3. The molecule has 0 spiro atoms. The highest BCUT2D eigenvalue weighted by molar-refractivity contribution is 6.08. The van der Waals surface area contributed by atoms with E-state index in [4.69, 9.17) is 18.9 Å². The molecule has 0 saturated carbocycles. The molecule has 216 valence electrons. The van der Waals surface area contributed by atoms with Gasteiger partial charge in [0.15, 0.2) is 5.78 Å². The molecule has 5 rings (SSSR count). The maximum Gasteiger partial charge on any atom is 0.189 e. The van der Waals surface area contributed by atoms with Gasteiger partial charge in [0.1, 0.15) is 42.8 Å². The van der Waals surface area contributed by atoms with E-state index in [9.17, 15) is 4.79 Å². The number of hydrogen-bond acceptors (Lipinski definition) is 5. The Morgan fingerprint density at radius 1 is 0.558 bits per heavy atom. The van der Waals surface area contributed by atoms with Crippen molar-refractivity contribution >= 4 is 11.9 Å². The fourth-order valence-corrected chi connectivity index (χ4v) is 4.41. The van der Waals surface area contributed by atoms with Crippen LogP contribution >= 0.6 is 0 Å². The third-order valence-corrected chi connectivity index (χ3v) is 6.65. The third-order valence-electron chi connectivity index (χ3n) is 6.65. The van der Waals surface area contributed by atoms with Crippen molar-refractivity contribution < 1.29 is 23.7 Å². The number of ketones is 1. The number of carbonyl (C=O) groups is 1. The number of rotatable bonds is 14. The van der Waals surface area contributed by atoms with Crippen LogP contribution in [-0.2, 0) is 19.8 Å². The van der Waals surface area contributed by atoms with Gasteiger partial charge in [0, 0.05) is 17.7 Å². The zero-order valence-electron chi connectivity index (χ0n) is 24.1. The number of carbonyl (C=O) groups excluding carboxylic acids is 1. The molecule has 0 radical (unpaired) electrons. The summed E-state index contributed by atoms with van der Waals surface area (Å²) in [5.74, 6) is 2.23. The summed E-state index contributed by atoms with van der Waals surface area (Å²) >= 11 is 0. The smallest absolute Gasteiger partial charge is 0.189 e. The van der Waals surface area contributed by atoms with Crippen LogP contribution in [0.4, 0.5) is 0 Å². The molecule has 5 aromatic rings. The Morgan fingerprint density at radius 3 is 1.58 bits per heavy atom. The normalized spacial score (nSPS) is 10.8. The minimum atomic E-state index is -0.184. The summed E-state index contributed by atoms with van der Waals surface area (Å²) in [7, 11) is 0. The van der Waals surface area contributed by atoms with Crippen molar-refractivity contribution in [3.8, 4) is 23.0 Å². The van der Waals surface area contributed by atoms with Crippen LogP contribution in [0.25, 0.3) is 6.08 Å². The van der Waals surface area contributed by atoms with Crippen molar-refractivity contribution in [2.75, 3.05) is 6.61 Å². The largest absolute Gasteiger partial charge is 0.493 e. The maximum absolute atomic E-state index is 13.3. The van der Waals surface area contributed by atoms with Crippen molar-refractivity contribution in [3.63, 3.8) is 0 Å². The van der Waals surface area contributed by atoms with Gasteiger partial charge in [-0.3, -0.25) is 4.79 Å². The fourth-order valence-electron chi connectivity index (χ4n) is 4.41. The molecule has 0 aliphatic rings. The molecule has 0 saturated heterocycles. The van der Waals surface area contributed by atoms with Crippen LogP contribution in [0.15, 0.2) is 133 Å². The summed E-state index contributed by atoms with van der Waals surface area (Å²) in [6.07, 6.45) is 3.30. The molecule has 5 nitrogen and oxygen atoms in total. The number of allylic oxidation sites excluding steroid dienone is 1. The Balaban J connectivity index is 1.33. The van der Waals surface area contributed by atoms with E-state index in [1.54, 1.807) is 24.3 Å². The van der Waals surface area contributed by atoms with Gasteiger partial charge in [-0.25, -0.2) is 0 Å². The highest BCUT2D eigenvalue weighted by Gasteiger charge is 2.13. The van der Waals surface area contributed by atoms with Crippen LogP contribution in [0.1, 0.15) is 39.5 Å². The monoisotopic (exact) mass is 570 g/mol. The van der Waals surface area contributed by atoms with Crippen molar-refractivity contribution in [2.24, 2.45) is 0 Å². The van der Waals surface area contributed by atoms with E-state index < -0.39 is 0 Å². The lowest BCUT2D eigenvalue weighted by Gasteiger charge is -2.13. The maximum atomic E-state index is 13.3. The third kappa shape index (κ3) is 8.60. The summed E-state index contributed by atoms with van der Waals surface area (Å²) in [6, 6.07) is 40.8. The second-order valence-electron chi connectivity index (χ2n) is 9.81. The van der Waals surface area contributed by atoms with E-state index in [0.29, 0.717) is 55.0 Å². The van der Waals surface area contributed by atoms with Crippen LogP contribution in [0.3, 0.4) is 0 Å². The summed E-state index contributed by atoms with van der Waals surface area (Å²) in [6.45, 7) is 3.57. The number of benzene rings is 5. The SMILES string of the molecule is CCOc1cc(OCc2ccccc2)ccc1C(=O)C=Cc1ccc(OCc2ccccc2)cc1OCc1ccccc1. The summed E-state index contributed by atoms with van der Waals surface area (Å²) in [5, 5.41) is 0. The van der Waals surface area contributed by atoms with Crippen molar-refractivity contribution in [3.05, 3.63) is 161 Å². The van der Waals surface area contributed by atoms with Gasteiger partial charge in [-0.1, -0.05) is 91.0 Å². The second kappa shape index (κ2) is 15.1. The molecule has 0 bridgehead atoms. The fraction of sp³-hybridized carbons (Fsp3) is 0.132. The highest BCUT2D eigenvalue weighted by Crippen LogP contribution is 2.30. The Labute approximate surface area is 253 Å². The molecule has 43 heavy (non-hydrogen) atoms. The van der Waals surface area contributed by atoms with Gasteiger partial charge in [0.2, 0.25) is 0 Å². The first-order chi connectivity index (χ1) is 21.2. The van der Waals surface area contributed by atoms with E-state index in [1.165, 1.54) is 6.08 Å². The Kier molecular flexibility index (Phi) is 10.2. The standard InChI is InChI=1S/C38H34O5/c1-2-40-38-25-34(42-27-30-14-8-4-9-15-30)21-22-35(38)36(39)23-19-32-18-20-33(41-26-29-12-6-3-7-13-29)24-37(32)43-28-31-16-10-5-11-17-31/h3-25H,2,26-28H2,1H3. The van der Waals surface area contributed by atoms with Gasteiger partial charge in [0.25, 0.3) is 0 Å². The van der Waals surface area contributed by atoms with Gasteiger partial charge < -0.3 is 18.9 Å². The quantitative estimate of drug-likeness (QED) is 0.0987. The van der Waals surface area contributed by atoms with Gasteiger partial charge in [-0.2, -0.15) is 0 Å². The lowest BCUT2D eigenvalue weighted by Crippen LogP contribution is -2.03. The zero-order chi connectivity index (χ0) is 29.7. The first-order valence-corrected chi connectivity index (χ1v) is 14.3. The Bertz CT molecular complexity index is 1630. The summed E-state index contributed by atoms with van der Waals surface area (Å²) in [5.41, 5.74) is 4.40. The van der Waals surface area contributed by atoms with Gasteiger partial charge >= 0.3 is 0 Å². The van der Waals surface area contributed by atoms with E-state index in [2.05, 4.69) is 0 Å². The molecular formula is C38H34O5. The van der Waals surface area contributed by atoms with Crippen LogP contribution in [0, 0.1) is 0 Å². The lowest BCUT2D eigenvalue weighted by atomic mass is 10.1. The predicted molar refractivity (Wildman–Crippen MR) is 170 cm³/mol. The van der Waals surface area contributed by atoms with Gasteiger partial charge in [-0.05, 0) is 60.0 Å². The summed E-state index contributed by atoms with van der Waals surface area (Å²) < 4.78 is 24.0. The molecule has 0 atom stereocenters. The first-order valence-electron chi connectivity index (χ1n) is 14.3. The molecule has 0 N–H and O–H groups in total. The highest BCUT2D eigenvalue weighted by atomic mass is 16.5. The predicted octanol–water partition coefficient (Wildman–Crippen LogP) is 8.72. The number of hydrogen-bond donors (Lipinski definition) is 0. The molecule has 0 unspecified atom stereocenters. The Hall–Kier alpha value is -5.29. The Morgan fingerprint density at radius 2 is 1.05 bits per heavy atom. The average molecular weight is 571 g/mol. The van der Waals surface area contributed by atoms with Gasteiger partial charge in [0.05, 0.1) is 12.2 Å². The molecular weight excluding hydrogens is 536 g/mol. The molecule has 0 fully saturated rings.